The summed E-state index contributed by atoms with van der Waals surface area (Å²) >= 11 is 0. The highest BCUT2D eigenvalue weighted by Gasteiger charge is 2.10. The quantitative estimate of drug-likeness (QED) is 0.480. The van der Waals surface area contributed by atoms with Crippen molar-refractivity contribution in [1.29, 1.82) is 0 Å². The standard InChI is InChI=1S/C23H19FN2O4/c1-15(27)30-21-10-4-7-18(13-21)22(28)25-14-16-5-2-9-20(11-16)26-23(29)17-6-3-8-19(24)12-17/h2-13H,14H2,1H3,(H,25,28)(H,26,29). The van der Waals surface area contributed by atoms with Gasteiger partial charge in [0.05, 0.1) is 0 Å². The summed E-state index contributed by atoms with van der Waals surface area (Å²) in [5.74, 6) is -1.44. The number of benzene rings is 3. The lowest BCUT2D eigenvalue weighted by molar-refractivity contribution is -0.131. The zero-order valence-electron chi connectivity index (χ0n) is 16.1. The van der Waals surface area contributed by atoms with Crippen LogP contribution in [0.1, 0.15) is 33.2 Å². The summed E-state index contributed by atoms with van der Waals surface area (Å²) in [4.78, 5) is 35.7. The van der Waals surface area contributed by atoms with Crippen LogP contribution < -0.4 is 15.4 Å². The first-order valence-corrected chi connectivity index (χ1v) is 9.13. The van der Waals surface area contributed by atoms with Crippen molar-refractivity contribution < 1.29 is 23.5 Å². The first-order chi connectivity index (χ1) is 14.4. The average molecular weight is 406 g/mol. The van der Waals surface area contributed by atoms with Crippen molar-refractivity contribution in [3.05, 3.63) is 95.3 Å². The molecule has 0 radical (unpaired) electrons. The molecule has 0 bridgehead atoms. The Balaban J connectivity index is 1.62. The van der Waals surface area contributed by atoms with Gasteiger partial charge < -0.3 is 15.4 Å². The van der Waals surface area contributed by atoms with Crippen LogP contribution in [0.4, 0.5) is 10.1 Å². The third-order valence-electron chi connectivity index (χ3n) is 4.08. The lowest BCUT2D eigenvalue weighted by Crippen LogP contribution is -2.23. The van der Waals surface area contributed by atoms with Crippen LogP contribution in [0, 0.1) is 5.82 Å². The van der Waals surface area contributed by atoms with Crippen LogP contribution in [-0.4, -0.2) is 17.8 Å². The predicted molar refractivity (Wildman–Crippen MR) is 110 cm³/mol. The summed E-state index contributed by atoms with van der Waals surface area (Å²) < 4.78 is 18.3. The number of hydrogen-bond acceptors (Lipinski definition) is 4. The van der Waals surface area contributed by atoms with Crippen LogP contribution in [0.15, 0.2) is 72.8 Å². The maximum Gasteiger partial charge on any atom is 0.308 e. The second-order valence-corrected chi connectivity index (χ2v) is 6.47. The maximum absolute atomic E-state index is 13.3. The first-order valence-electron chi connectivity index (χ1n) is 9.13. The Hall–Kier alpha value is -4.00. The van der Waals surface area contributed by atoms with Crippen LogP contribution in [0.5, 0.6) is 5.75 Å². The summed E-state index contributed by atoms with van der Waals surface area (Å²) in [7, 11) is 0. The monoisotopic (exact) mass is 406 g/mol. The van der Waals surface area contributed by atoms with Crippen molar-refractivity contribution >= 4 is 23.5 Å². The molecule has 0 aliphatic heterocycles. The van der Waals surface area contributed by atoms with Crippen molar-refractivity contribution in [2.45, 2.75) is 13.5 Å². The number of carbonyl (C=O) groups is 3. The largest absolute Gasteiger partial charge is 0.427 e. The fraction of sp³-hybridized carbons (Fsp3) is 0.0870. The zero-order chi connectivity index (χ0) is 21.5. The van der Waals surface area contributed by atoms with E-state index in [4.69, 9.17) is 4.74 Å². The highest BCUT2D eigenvalue weighted by Crippen LogP contribution is 2.15. The number of halogens is 1. The third-order valence-corrected chi connectivity index (χ3v) is 4.08. The Bertz CT molecular complexity index is 1100. The topological polar surface area (TPSA) is 84.5 Å². The number of nitrogens with one attached hydrogen (secondary N) is 2. The summed E-state index contributed by atoms with van der Waals surface area (Å²) in [5.41, 5.74) is 1.84. The predicted octanol–water partition coefficient (Wildman–Crippen LogP) is 3.93. The van der Waals surface area contributed by atoms with Gasteiger partial charge in [-0.1, -0.05) is 24.3 Å². The molecule has 0 spiro atoms. The molecule has 152 valence electrons. The number of anilines is 1. The van der Waals surface area contributed by atoms with Crippen molar-refractivity contribution in [3.63, 3.8) is 0 Å². The first kappa shape index (κ1) is 20.7. The van der Waals surface area contributed by atoms with Gasteiger partial charge in [0.1, 0.15) is 11.6 Å². The van der Waals surface area contributed by atoms with E-state index < -0.39 is 17.7 Å². The number of ether oxygens (including phenoxy) is 1. The number of rotatable bonds is 6. The van der Waals surface area contributed by atoms with E-state index in [0.29, 0.717) is 11.3 Å². The fourth-order valence-electron chi connectivity index (χ4n) is 2.74. The summed E-state index contributed by atoms with van der Waals surface area (Å²) in [6.07, 6.45) is 0. The van der Waals surface area contributed by atoms with Crippen LogP contribution in [-0.2, 0) is 11.3 Å². The molecule has 0 heterocycles. The SMILES string of the molecule is CC(=O)Oc1cccc(C(=O)NCc2cccc(NC(=O)c3cccc(F)c3)c2)c1. The Morgan fingerprint density at radius 1 is 0.867 bits per heavy atom. The number of hydrogen-bond donors (Lipinski definition) is 2. The van der Waals surface area contributed by atoms with Gasteiger partial charge in [-0.15, -0.1) is 0 Å². The fourth-order valence-corrected chi connectivity index (χ4v) is 2.74. The molecule has 0 atom stereocenters. The number of amides is 2. The normalized spacial score (nSPS) is 10.2. The lowest BCUT2D eigenvalue weighted by atomic mass is 10.1. The van der Waals surface area contributed by atoms with E-state index in [0.717, 1.165) is 11.6 Å². The smallest absolute Gasteiger partial charge is 0.308 e. The van der Waals surface area contributed by atoms with Crippen molar-refractivity contribution in [1.82, 2.24) is 5.32 Å². The molecule has 0 aromatic heterocycles. The van der Waals surface area contributed by atoms with Crippen molar-refractivity contribution in [2.75, 3.05) is 5.32 Å². The molecule has 30 heavy (non-hydrogen) atoms. The van der Waals surface area contributed by atoms with E-state index in [9.17, 15) is 18.8 Å². The summed E-state index contributed by atoms with van der Waals surface area (Å²) in [6.45, 7) is 1.51. The highest BCUT2D eigenvalue weighted by atomic mass is 19.1. The van der Waals surface area contributed by atoms with Gasteiger partial charge in [0.25, 0.3) is 11.8 Å². The van der Waals surface area contributed by atoms with Gasteiger partial charge in [-0.25, -0.2) is 4.39 Å². The van der Waals surface area contributed by atoms with Gasteiger partial charge in [0.15, 0.2) is 0 Å². The Labute approximate surface area is 172 Å². The van der Waals surface area contributed by atoms with E-state index in [1.54, 1.807) is 42.5 Å². The van der Waals surface area contributed by atoms with E-state index in [1.807, 2.05) is 0 Å². The van der Waals surface area contributed by atoms with Crippen molar-refractivity contribution in [3.8, 4) is 5.75 Å². The average Bonchev–Trinajstić information content (AvgIpc) is 2.72. The Morgan fingerprint density at radius 3 is 2.30 bits per heavy atom. The molecule has 0 unspecified atom stereocenters. The molecule has 3 rings (SSSR count). The number of esters is 1. The third kappa shape index (κ3) is 5.75. The van der Waals surface area contributed by atoms with Crippen LogP contribution in [0.3, 0.4) is 0 Å². The molecule has 7 heteroatoms. The molecule has 0 saturated carbocycles. The van der Waals surface area contributed by atoms with Gasteiger partial charge in [0.2, 0.25) is 0 Å². The molecular formula is C23H19FN2O4. The molecule has 2 amide bonds. The summed E-state index contributed by atoms with van der Waals surface area (Å²) in [5, 5.41) is 5.48. The van der Waals surface area contributed by atoms with Crippen LogP contribution in [0.25, 0.3) is 0 Å². The minimum atomic E-state index is -0.489. The molecule has 3 aromatic carbocycles. The number of carbonyl (C=O) groups excluding carboxylic acids is 3. The van der Waals surface area contributed by atoms with Crippen LogP contribution >= 0.6 is 0 Å². The second-order valence-electron chi connectivity index (χ2n) is 6.47. The zero-order valence-corrected chi connectivity index (χ0v) is 16.1. The molecule has 2 N–H and O–H groups in total. The van der Waals surface area contributed by atoms with Gasteiger partial charge in [-0.2, -0.15) is 0 Å². The van der Waals surface area contributed by atoms with Crippen molar-refractivity contribution in [2.24, 2.45) is 0 Å². The lowest BCUT2D eigenvalue weighted by Gasteiger charge is -2.10. The second kappa shape index (κ2) is 9.47. The van der Waals surface area contributed by atoms with E-state index in [1.165, 1.54) is 31.2 Å². The van der Waals surface area contributed by atoms with Gasteiger partial charge >= 0.3 is 5.97 Å². The van der Waals surface area contributed by atoms with Gasteiger partial charge in [0, 0.05) is 30.3 Å². The van der Waals surface area contributed by atoms with Crippen LogP contribution in [0.2, 0.25) is 0 Å². The molecule has 0 saturated heterocycles. The molecule has 6 nitrogen and oxygen atoms in total. The maximum atomic E-state index is 13.3. The minimum Gasteiger partial charge on any atom is -0.427 e. The van der Waals surface area contributed by atoms with E-state index in [-0.39, 0.29) is 23.8 Å². The van der Waals surface area contributed by atoms with Gasteiger partial charge in [-0.05, 0) is 54.1 Å². The molecule has 0 aliphatic carbocycles. The van der Waals surface area contributed by atoms with E-state index in [2.05, 4.69) is 10.6 Å². The summed E-state index contributed by atoms with van der Waals surface area (Å²) in [6, 6.07) is 18.7. The van der Waals surface area contributed by atoms with Gasteiger partial charge in [-0.3, -0.25) is 14.4 Å². The molecular weight excluding hydrogens is 387 g/mol. The highest BCUT2D eigenvalue weighted by molar-refractivity contribution is 6.04. The Morgan fingerprint density at radius 2 is 1.57 bits per heavy atom. The van der Waals surface area contributed by atoms with E-state index >= 15 is 0 Å². The molecule has 0 aliphatic rings. The Kier molecular flexibility index (Phi) is 6.54. The minimum absolute atomic E-state index is 0.210. The molecule has 3 aromatic rings. The molecule has 0 fully saturated rings.